The molecule has 0 saturated heterocycles. The SMILES string of the molecule is CS(=O)(=O)CS(=O)(=O)NCc1cccc(CCl)c1. The predicted octanol–water partition coefficient (Wildman–Crippen LogP) is 0.847. The lowest BCUT2D eigenvalue weighted by atomic mass is 10.1. The number of hydrogen-bond acceptors (Lipinski definition) is 4. The molecule has 0 amide bonds. The summed E-state index contributed by atoms with van der Waals surface area (Å²) in [4.78, 5) is 0. The molecule has 0 bridgehead atoms. The fourth-order valence-electron chi connectivity index (χ4n) is 1.34. The van der Waals surface area contributed by atoms with Crippen molar-refractivity contribution in [3.05, 3.63) is 35.4 Å². The van der Waals surface area contributed by atoms with Crippen LogP contribution >= 0.6 is 11.6 Å². The van der Waals surface area contributed by atoms with Crippen LogP contribution in [0.2, 0.25) is 0 Å². The summed E-state index contributed by atoms with van der Waals surface area (Å²) in [5, 5.41) is -0.908. The number of halogens is 1. The molecular formula is C10H14ClNO4S2. The van der Waals surface area contributed by atoms with Gasteiger partial charge in [-0.05, 0) is 11.1 Å². The highest BCUT2D eigenvalue weighted by Crippen LogP contribution is 2.08. The van der Waals surface area contributed by atoms with Crippen LogP contribution in [0.5, 0.6) is 0 Å². The van der Waals surface area contributed by atoms with E-state index < -0.39 is 24.9 Å². The molecule has 0 aliphatic rings. The van der Waals surface area contributed by atoms with E-state index in [-0.39, 0.29) is 6.54 Å². The third-order valence-corrected chi connectivity index (χ3v) is 5.86. The molecular weight excluding hydrogens is 298 g/mol. The average molecular weight is 312 g/mol. The summed E-state index contributed by atoms with van der Waals surface area (Å²) in [6, 6.07) is 7.08. The molecule has 0 atom stereocenters. The Morgan fingerprint density at radius 2 is 1.78 bits per heavy atom. The van der Waals surface area contributed by atoms with Crippen molar-refractivity contribution in [1.29, 1.82) is 0 Å². The maximum atomic E-state index is 11.5. The van der Waals surface area contributed by atoms with E-state index in [1.165, 1.54) is 0 Å². The molecule has 0 aliphatic heterocycles. The van der Waals surface area contributed by atoms with Gasteiger partial charge in [0.1, 0.15) is 0 Å². The van der Waals surface area contributed by atoms with Crippen LogP contribution in [0.15, 0.2) is 24.3 Å². The number of benzene rings is 1. The highest BCUT2D eigenvalue weighted by molar-refractivity contribution is 8.06. The topological polar surface area (TPSA) is 80.3 Å². The molecule has 0 unspecified atom stereocenters. The summed E-state index contributed by atoms with van der Waals surface area (Å²) in [5.74, 6) is 0.337. The quantitative estimate of drug-likeness (QED) is 0.790. The van der Waals surface area contributed by atoms with E-state index in [9.17, 15) is 16.8 Å². The first-order valence-corrected chi connectivity index (χ1v) is 9.25. The molecule has 102 valence electrons. The van der Waals surface area contributed by atoms with Crippen LogP contribution in [0.25, 0.3) is 0 Å². The molecule has 8 heteroatoms. The molecule has 1 N–H and O–H groups in total. The molecule has 0 saturated carbocycles. The van der Waals surface area contributed by atoms with E-state index >= 15 is 0 Å². The second-order valence-electron chi connectivity index (χ2n) is 3.93. The number of rotatable bonds is 6. The number of alkyl halides is 1. The van der Waals surface area contributed by atoms with Crippen molar-refractivity contribution in [3.63, 3.8) is 0 Å². The summed E-state index contributed by atoms with van der Waals surface area (Å²) < 4.78 is 47.0. The monoisotopic (exact) mass is 311 g/mol. The van der Waals surface area contributed by atoms with Gasteiger partial charge in [0, 0.05) is 18.7 Å². The maximum Gasteiger partial charge on any atom is 0.226 e. The van der Waals surface area contributed by atoms with Gasteiger partial charge in [0.05, 0.1) is 0 Å². The lowest BCUT2D eigenvalue weighted by Crippen LogP contribution is -2.29. The molecule has 5 nitrogen and oxygen atoms in total. The first-order chi connectivity index (χ1) is 8.22. The standard InChI is InChI=1S/C10H14ClNO4S2/c1-17(13,14)8-18(15,16)12-7-10-4-2-3-9(5-10)6-11/h2-5,12H,6-8H2,1H3. The minimum absolute atomic E-state index is 0.0442. The van der Waals surface area contributed by atoms with E-state index in [0.29, 0.717) is 5.88 Å². The fraction of sp³-hybridized carbons (Fsp3) is 0.400. The third kappa shape index (κ3) is 5.81. The summed E-state index contributed by atoms with van der Waals surface area (Å²) >= 11 is 5.66. The van der Waals surface area contributed by atoms with Crippen LogP contribution in [-0.2, 0) is 32.3 Å². The van der Waals surface area contributed by atoms with Gasteiger partial charge in [0.15, 0.2) is 14.9 Å². The zero-order valence-electron chi connectivity index (χ0n) is 9.76. The van der Waals surface area contributed by atoms with Gasteiger partial charge in [0.2, 0.25) is 10.0 Å². The number of sulfone groups is 1. The summed E-state index contributed by atoms with van der Waals surface area (Å²) in [6.07, 6.45) is 0.875. The first kappa shape index (κ1) is 15.4. The molecule has 0 aromatic heterocycles. The van der Waals surface area contributed by atoms with Crippen LogP contribution in [-0.4, -0.2) is 28.2 Å². The molecule has 0 spiro atoms. The van der Waals surface area contributed by atoms with Crippen molar-refractivity contribution in [2.45, 2.75) is 12.4 Å². The van der Waals surface area contributed by atoms with Crippen LogP contribution < -0.4 is 4.72 Å². The summed E-state index contributed by atoms with van der Waals surface area (Å²) in [5.41, 5.74) is 1.60. The molecule has 0 aliphatic carbocycles. The van der Waals surface area contributed by atoms with Gasteiger partial charge < -0.3 is 0 Å². The van der Waals surface area contributed by atoms with Gasteiger partial charge >= 0.3 is 0 Å². The maximum absolute atomic E-state index is 11.5. The van der Waals surface area contributed by atoms with Crippen molar-refractivity contribution in [2.24, 2.45) is 0 Å². The number of nitrogens with one attached hydrogen (secondary N) is 1. The van der Waals surface area contributed by atoms with Gasteiger partial charge in [-0.2, -0.15) is 0 Å². The largest absolute Gasteiger partial charge is 0.228 e. The molecule has 0 radical (unpaired) electrons. The lowest BCUT2D eigenvalue weighted by molar-refractivity contribution is 0.580. The molecule has 18 heavy (non-hydrogen) atoms. The average Bonchev–Trinajstić information content (AvgIpc) is 2.24. The molecule has 1 aromatic carbocycles. The predicted molar refractivity (Wildman–Crippen MR) is 71.5 cm³/mol. The second-order valence-corrected chi connectivity index (χ2v) is 8.51. The third-order valence-electron chi connectivity index (χ3n) is 2.01. The van der Waals surface area contributed by atoms with E-state index in [2.05, 4.69) is 4.72 Å². The first-order valence-electron chi connectivity index (χ1n) is 5.01. The Kier molecular flexibility index (Phi) is 5.15. The van der Waals surface area contributed by atoms with Crippen molar-refractivity contribution in [3.8, 4) is 0 Å². The van der Waals surface area contributed by atoms with E-state index in [4.69, 9.17) is 11.6 Å². The summed E-state index contributed by atoms with van der Waals surface area (Å²) in [7, 11) is -7.40. The van der Waals surface area contributed by atoms with Gasteiger partial charge in [0.25, 0.3) is 0 Å². The fourth-order valence-corrected chi connectivity index (χ4v) is 4.48. The van der Waals surface area contributed by atoms with Crippen LogP contribution in [0, 0.1) is 0 Å². The Balaban J connectivity index is 2.70. The normalized spacial score (nSPS) is 12.6. The smallest absolute Gasteiger partial charge is 0.226 e. The van der Waals surface area contributed by atoms with Gasteiger partial charge in [-0.15, -0.1) is 11.6 Å². The van der Waals surface area contributed by atoms with E-state index in [0.717, 1.165) is 17.4 Å². The van der Waals surface area contributed by atoms with E-state index in [1.54, 1.807) is 18.2 Å². The zero-order chi connectivity index (χ0) is 13.8. The van der Waals surface area contributed by atoms with Crippen molar-refractivity contribution < 1.29 is 16.8 Å². The Labute approximate surface area is 112 Å². The van der Waals surface area contributed by atoms with Crippen LogP contribution in [0.4, 0.5) is 0 Å². The lowest BCUT2D eigenvalue weighted by Gasteiger charge is -2.06. The highest BCUT2D eigenvalue weighted by atomic mass is 35.5. The second kappa shape index (κ2) is 6.01. The Hall–Kier alpha value is -0.630. The molecule has 1 rings (SSSR count). The Morgan fingerprint density at radius 1 is 1.17 bits per heavy atom. The van der Waals surface area contributed by atoms with E-state index in [1.807, 2.05) is 6.07 Å². The van der Waals surface area contributed by atoms with Crippen LogP contribution in [0.1, 0.15) is 11.1 Å². The molecule has 0 fully saturated rings. The highest BCUT2D eigenvalue weighted by Gasteiger charge is 2.17. The van der Waals surface area contributed by atoms with Crippen LogP contribution in [0.3, 0.4) is 0 Å². The summed E-state index contributed by atoms with van der Waals surface area (Å²) in [6.45, 7) is 0.0442. The molecule has 1 aromatic rings. The van der Waals surface area contributed by atoms with Crippen molar-refractivity contribution in [1.82, 2.24) is 4.72 Å². The van der Waals surface area contributed by atoms with Crippen molar-refractivity contribution in [2.75, 3.05) is 11.3 Å². The number of hydrogen-bond donors (Lipinski definition) is 1. The molecule has 0 heterocycles. The van der Waals surface area contributed by atoms with Gasteiger partial charge in [-0.25, -0.2) is 21.6 Å². The minimum Gasteiger partial charge on any atom is -0.228 e. The Bertz CT molecular complexity index is 611. The number of sulfonamides is 1. The minimum atomic E-state index is -3.83. The van der Waals surface area contributed by atoms with Gasteiger partial charge in [-0.3, -0.25) is 0 Å². The van der Waals surface area contributed by atoms with Crippen molar-refractivity contribution >= 4 is 31.5 Å². The zero-order valence-corrected chi connectivity index (χ0v) is 12.1. The Morgan fingerprint density at radius 3 is 2.33 bits per heavy atom. The van der Waals surface area contributed by atoms with Gasteiger partial charge in [-0.1, -0.05) is 24.3 Å².